The Hall–Kier alpha value is -0.870. The predicted molar refractivity (Wildman–Crippen MR) is 75.4 cm³/mol. The van der Waals surface area contributed by atoms with Crippen molar-refractivity contribution in [2.45, 2.75) is 49.9 Å². The lowest BCUT2D eigenvalue weighted by atomic mass is 10.1. The van der Waals surface area contributed by atoms with Crippen LogP contribution in [0.4, 0.5) is 0 Å². The Morgan fingerprint density at radius 2 is 1.72 bits per heavy atom. The summed E-state index contributed by atoms with van der Waals surface area (Å²) in [5, 5.41) is 19.2. The van der Waals surface area contributed by atoms with Crippen molar-refractivity contribution in [1.82, 2.24) is 0 Å². The number of aromatic hydroxyl groups is 2. The molecule has 0 heterocycles. The molecule has 0 amide bonds. The maximum Gasteiger partial charge on any atom is 0.171 e. The molecule has 0 radical (unpaired) electrons. The van der Waals surface area contributed by atoms with Crippen molar-refractivity contribution in [3.63, 3.8) is 0 Å². The molecule has 0 aliphatic carbocycles. The van der Waals surface area contributed by atoms with Gasteiger partial charge in [-0.05, 0) is 46.8 Å². The predicted octanol–water partition coefficient (Wildman–Crippen LogP) is 3.78. The second-order valence-corrected chi connectivity index (χ2v) is 7.64. The third kappa shape index (κ3) is 4.78. The van der Waals surface area contributed by atoms with E-state index in [1.807, 2.05) is 34.6 Å². The first kappa shape index (κ1) is 15.2. The van der Waals surface area contributed by atoms with Crippen molar-refractivity contribution < 1.29 is 14.9 Å². The first-order chi connectivity index (χ1) is 8.11. The van der Waals surface area contributed by atoms with Gasteiger partial charge in [0.2, 0.25) is 0 Å². The Labute approximate surface area is 113 Å². The van der Waals surface area contributed by atoms with Crippen LogP contribution in [0.5, 0.6) is 11.5 Å². The number of hydrogen-bond acceptors (Lipinski definition) is 4. The number of phenols is 2. The van der Waals surface area contributed by atoms with E-state index in [2.05, 4.69) is 0 Å². The maximum atomic E-state index is 9.78. The van der Waals surface area contributed by atoms with Gasteiger partial charge in [-0.1, -0.05) is 6.07 Å². The normalized spacial score (nSPS) is 12.7. The molecule has 0 aromatic heterocycles. The third-order valence-corrected chi connectivity index (χ3v) is 3.44. The molecule has 0 aliphatic rings. The van der Waals surface area contributed by atoms with Crippen LogP contribution >= 0.6 is 11.8 Å². The van der Waals surface area contributed by atoms with Crippen LogP contribution in [0.25, 0.3) is 0 Å². The summed E-state index contributed by atoms with van der Waals surface area (Å²) in [5.41, 5.74) is -0.182. The van der Waals surface area contributed by atoms with E-state index >= 15 is 0 Å². The Balaban J connectivity index is 2.73. The zero-order chi connectivity index (χ0) is 14.0. The van der Waals surface area contributed by atoms with Gasteiger partial charge in [0.15, 0.2) is 11.5 Å². The van der Waals surface area contributed by atoms with Crippen molar-refractivity contribution in [3.8, 4) is 11.5 Å². The maximum absolute atomic E-state index is 9.78. The SMILES string of the molecule is CC(C)(C)OCC(C)(C)Sc1cccc(O)c1O. The summed E-state index contributed by atoms with van der Waals surface area (Å²) in [5.74, 6) is -0.154. The summed E-state index contributed by atoms with van der Waals surface area (Å²) >= 11 is 1.49. The van der Waals surface area contributed by atoms with Crippen molar-refractivity contribution in [1.29, 1.82) is 0 Å². The zero-order valence-electron chi connectivity index (χ0n) is 11.7. The lowest BCUT2D eigenvalue weighted by Crippen LogP contribution is -2.30. The molecular weight excluding hydrogens is 248 g/mol. The summed E-state index contributed by atoms with van der Waals surface area (Å²) < 4.78 is 5.59. The monoisotopic (exact) mass is 270 g/mol. The summed E-state index contributed by atoms with van der Waals surface area (Å²) in [6.07, 6.45) is 0. The van der Waals surface area contributed by atoms with Gasteiger partial charge >= 0.3 is 0 Å². The fraction of sp³-hybridized carbons (Fsp3) is 0.571. The highest BCUT2D eigenvalue weighted by atomic mass is 32.2. The molecule has 1 aromatic carbocycles. The van der Waals surface area contributed by atoms with Crippen LogP contribution in [0.1, 0.15) is 34.6 Å². The first-order valence-electron chi connectivity index (χ1n) is 5.95. The molecule has 0 spiro atoms. The average Bonchev–Trinajstić information content (AvgIpc) is 2.21. The molecule has 0 fully saturated rings. The summed E-state index contributed by atoms with van der Waals surface area (Å²) in [7, 11) is 0. The quantitative estimate of drug-likeness (QED) is 0.645. The molecule has 102 valence electrons. The number of ether oxygens (including phenoxy) is 1. The molecule has 3 nitrogen and oxygen atoms in total. The molecule has 1 rings (SSSR count). The summed E-state index contributed by atoms with van der Waals surface area (Å²) in [6.45, 7) is 10.7. The molecule has 18 heavy (non-hydrogen) atoms. The number of thioether (sulfide) groups is 1. The van der Waals surface area contributed by atoms with Crippen LogP contribution in [0.2, 0.25) is 0 Å². The molecule has 1 aromatic rings. The summed E-state index contributed by atoms with van der Waals surface area (Å²) in [6, 6.07) is 4.98. The highest BCUT2D eigenvalue weighted by Crippen LogP contribution is 2.41. The molecule has 0 bridgehead atoms. The highest BCUT2D eigenvalue weighted by molar-refractivity contribution is 8.00. The topological polar surface area (TPSA) is 49.7 Å². The van der Waals surface area contributed by atoms with E-state index in [9.17, 15) is 10.2 Å². The Kier molecular flexibility index (Phi) is 4.56. The molecular formula is C14H22O3S. The first-order valence-corrected chi connectivity index (χ1v) is 6.76. The van der Waals surface area contributed by atoms with E-state index in [-0.39, 0.29) is 21.8 Å². The largest absolute Gasteiger partial charge is 0.504 e. The number of phenolic OH excluding ortho intramolecular Hbond substituents is 2. The van der Waals surface area contributed by atoms with Gasteiger partial charge in [-0.15, -0.1) is 11.8 Å². The van der Waals surface area contributed by atoms with Crippen LogP contribution in [0.15, 0.2) is 23.1 Å². The fourth-order valence-electron chi connectivity index (χ4n) is 1.31. The van der Waals surface area contributed by atoms with E-state index in [1.54, 1.807) is 12.1 Å². The van der Waals surface area contributed by atoms with Gasteiger partial charge in [0.25, 0.3) is 0 Å². The Bertz CT molecular complexity index is 408. The van der Waals surface area contributed by atoms with E-state index in [4.69, 9.17) is 4.74 Å². The van der Waals surface area contributed by atoms with Crippen LogP contribution in [-0.4, -0.2) is 27.2 Å². The van der Waals surface area contributed by atoms with Gasteiger partial charge in [-0.25, -0.2) is 0 Å². The standard InChI is InChI=1S/C14H22O3S/c1-13(2,3)17-9-14(4,5)18-11-8-6-7-10(15)12(11)16/h6-8,15-16H,9H2,1-5H3. The molecule has 4 heteroatoms. The molecule has 0 atom stereocenters. The van der Waals surface area contributed by atoms with E-state index in [0.29, 0.717) is 11.5 Å². The minimum absolute atomic E-state index is 0.0636. The second kappa shape index (κ2) is 5.41. The van der Waals surface area contributed by atoms with Gasteiger partial charge in [0.05, 0.1) is 17.1 Å². The Morgan fingerprint density at radius 3 is 2.28 bits per heavy atom. The Morgan fingerprint density at radius 1 is 1.11 bits per heavy atom. The molecule has 2 N–H and O–H groups in total. The highest BCUT2D eigenvalue weighted by Gasteiger charge is 2.25. The van der Waals surface area contributed by atoms with Crippen LogP contribution < -0.4 is 0 Å². The zero-order valence-corrected chi connectivity index (χ0v) is 12.5. The van der Waals surface area contributed by atoms with Crippen molar-refractivity contribution >= 4 is 11.8 Å². The van der Waals surface area contributed by atoms with E-state index < -0.39 is 0 Å². The van der Waals surface area contributed by atoms with Gasteiger partial charge < -0.3 is 14.9 Å². The lowest BCUT2D eigenvalue weighted by Gasteiger charge is -2.29. The molecule has 0 aliphatic heterocycles. The van der Waals surface area contributed by atoms with E-state index in [0.717, 1.165) is 0 Å². The number of rotatable bonds is 4. The van der Waals surface area contributed by atoms with Crippen LogP contribution in [-0.2, 0) is 4.74 Å². The van der Waals surface area contributed by atoms with Gasteiger partial charge in [-0.3, -0.25) is 0 Å². The van der Waals surface area contributed by atoms with Crippen LogP contribution in [0, 0.1) is 0 Å². The number of benzene rings is 1. The minimum Gasteiger partial charge on any atom is -0.504 e. The third-order valence-electron chi connectivity index (χ3n) is 2.22. The van der Waals surface area contributed by atoms with Gasteiger partial charge in [-0.2, -0.15) is 0 Å². The second-order valence-electron chi connectivity index (χ2n) is 5.89. The van der Waals surface area contributed by atoms with Gasteiger partial charge in [0.1, 0.15) is 0 Å². The van der Waals surface area contributed by atoms with Crippen molar-refractivity contribution in [3.05, 3.63) is 18.2 Å². The number of para-hydroxylation sites is 1. The van der Waals surface area contributed by atoms with Crippen molar-refractivity contribution in [2.75, 3.05) is 6.61 Å². The number of hydrogen-bond donors (Lipinski definition) is 2. The molecule has 0 saturated carbocycles. The lowest BCUT2D eigenvalue weighted by molar-refractivity contribution is -0.0110. The average molecular weight is 270 g/mol. The van der Waals surface area contributed by atoms with E-state index in [1.165, 1.54) is 17.8 Å². The minimum atomic E-state index is -0.182. The smallest absolute Gasteiger partial charge is 0.171 e. The van der Waals surface area contributed by atoms with Gasteiger partial charge in [0, 0.05) is 4.75 Å². The fourth-order valence-corrected chi connectivity index (χ4v) is 2.37. The van der Waals surface area contributed by atoms with Crippen LogP contribution in [0.3, 0.4) is 0 Å². The molecule has 0 saturated heterocycles. The van der Waals surface area contributed by atoms with Crippen molar-refractivity contribution in [2.24, 2.45) is 0 Å². The molecule has 0 unspecified atom stereocenters. The summed E-state index contributed by atoms with van der Waals surface area (Å²) in [4.78, 5) is 0.664.